The first-order valence-electron chi connectivity index (χ1n) is 8.74. The van der Waals surface area contributed by atoms with E-state index in [2.05, 4.69) is 6.92 Å². The van der Waals surface area contributed by atoms with Gasteiger partial charge in [0.2, 0.25) is 0 Å². The van der Waals surface area contributed by atoms with E-state index in [1.54, 1.807) is 0 Å². The van der Waals surface area contributed by atoms with Gasteiger partial charge in [-0.3, -0.25) is 4.79 Å². The summed E-state index contributed by atoms with van der Waals surface area (Å²) in [5, 5.41) is 8.58. The molecule has 4 heteroatoms. The van der Waals surface area contributed by atoms with E-state index >= 15 is 0 Å². The lowest BCUT2D eigenvalue weighted by molar-refractivity contribution is -0.140. The van der Waals surface area contributed by atoms with Crippen LogP contribution >= 0.6 is 0 Å². The number of rotatable bonds is 16. The van der Waals surface area contributed by atoms with Crippen LogP contribution in [-0.4, -0.2) is 30.3 Å². The topological polar surface area (TPSA) is 72.5 Å². The highest BCUT2D eigenvalue weighted by Crippen LogP contribution is 2.11. The predicted octanol–water partition coefficient (Wildman–Crippen LogP) is 4.12. The molecule has 0 aromatic heterocycles. The van der Waals surface area contributed by atoms with Crippen molar-refractivity contribution in [1.82, 2.24) is 0 Å². The van der Waals surface area contributed by atoms with Gasteiger partial charge in [0.15, 0.2) is 0 Å². The summed E-state index contributed by atoms with van der Waals surface area (Å²) in [5.41, 5.74) is 5.34. The second-order valence-electron chi connectivity index (χ2n) is 5.91. The third-order valence-corrected chi connectivity index (χ3v) is 3.76. The van der Waals surface area contributed by atoms with Crippen LogP contribution in [0, 0.1) is 0 Å². The summed E-state index contributed by atoms with van der Waals surface area (Å²) in [6.07, 6.45) is 15.8. The maximum atomic E-state index is 10.5. The standard InChI is InChI=1S/C17H35NO3/c1-2-3-4-5-6-7-8-9-10-11-12-13-14-21-15-16(18)17(19)20/h16H,2-15,18H2,1H3,(H,19,20). The van der Waals surface area contributed by atoms with E-state index in [4.69, 9.17) is 15.6 Å². The summed E-state index contributed by atoms with van der Waals surface area (Å²) in [5.74, 6) is -0.996. The van der Waals surface area contributed by atoms with E-state index in [-0.39, 0.29) is 6.61 Å². The monoisotopic (exact) mass is 301 g/mol. The molecule has 0 aliphatic rings. The Bertz CT molecular complexity index is 234. The van der Waals surface area contributed by atoms with Crippen LogP contribution in [0.5, 0.6) is 0 Å². The molecule has 0 fully saturated rings. The van der Waals surface area contributed by atoms with E-state index < -0.39 is 12.0 Å². The van der Waals surface area contributed by atoms with Crippen LogP contribution in [0.3, 0.4) is 0 Å². The second-order valence-corrected chi connectivity index (χ2v) is 5.91. The molecule has 1 atom stereocenters. The summed E-state index contributed by atoms with van der Waals surface area (Å²) < 4.78 is 5.24. The number of carboxylic acids is 1. The van der Waals surface area contributed by atoms with Crippen LogP contribution in [0.2, 0.25) is 0 Å². The molecule has 1 unspecified atom stereocenters. The van der Waals surface area contributed by atoms with Crippen molar-refractivity contribution in [3.8, 4) is 0 Å². The minimum absolute atomic E-state index is 0.118. The summed E-state index contributed by atoms with van der Waals surface area (Å²) in [6.45, 7) is 3.00. The van der Waals surface area contributed by atoms with Gasteiger partial charge in [0, 0.05) is 6.61 Å². The zero-order chi connectivity index (χ0) is 15.8. The maximum absolute atomic E-state index is 10.5. The molecule has 126 valence electrons. The zero-order valence-electron chi connectivity index (χ0n) is 13.8. The molecule has 0 radical (unpaired) electrons. The molecule has 0 bridgehead atoms. The highest BCUT2D eigenvalue weighted by molar-refractivity contribution is 5.73. The number of ether oxygens (including phenoxy) is 1. The highest BCUT2D eigenvalue weighted by Gasteiger charge is 2.10. The molecule has 0 aliphatic carbocycles. The van der Waals surface area contributed by atoms with Crippen LogP contribution < -0.4 is 5.73 Å². The minimum atomic E-state index is -0.996. The Hall–Kier alpha value is -0.610. The molecule has 4 nitrogen and oxygen atoms in total. The number of unbranched alkanes of at least 4 members (excludes halogenated alkanes) is 11. The van der Waals surface area contributed by atoms with Crippen LogP contribution in [0.25, 0.3) is 0 Å². The van der Waals surface area contributed by atoms with Crippen LogP contribution in [0.4, 0.5) is 0 Å². The molecule has 0 saturated heterocycles. The number of carboxylic acid groups (broad SMARTS) is 1. The summed E-state index contributed by atoms with van der Waals surface area (Å²) >= 11 is 0. The van der Waals surface area contributed by atoms with Crippen molar-refractivity contribution in [2.24, 2.45) is 5.73 Å². The first-order chi connectivity index (χ1) is 10.2. The van der Waals surface area contributed by atoms with Crippen LogP contribution in [0.15, 0.2) is 0 Å². The van der Waals surface area contributed by atoms with Crippen molar-refractivity contribution in [3.05, 3.63) is 0 Å². The normalized spacial score (nSPS) is 12.5. The van der Waals surface area contributed by atoms with Crippen molar-refractivity contribution >= 4 is 5.97 Å². The summed E-state index contributed by atoms with van der Waals surface area (Å²) in [4.78, 5) is 10.5. The Labute approximate surface area is 130 Å². The Morgan fingerprint density at radius 1 is 0.905 bits per heavy atom. The smallest absolute Gasteiger partial charge is 0.322 e. The fourth-order valence-electron chi connectivity index (χ4n) is 2.33. The van der Waals surface area contributed by atoms with Gasteiger partial charge < -0.3 is 15.6 Å². The molecule has 0 spiro atoms. The Kier molecular flexibility index (Phi) is 15.3. The number of aliphatic carboxylic acids is 1. The lowest BCUT2D eigenvalue weighted by Gasteiger charge is -2.07. The quantitative estimate of drug-likeness (QED) is 0.421. The molecular formula is C17H35NO3. The Morgan fingerprint density at radius 2 is 1.33 bits per heavy atom. The molecule has 0 aromatic rings. The third kappa shape index (κ3) is 15.6. The van der Waals surface area contributed by atoms with Gasteiger partial charge in [0.1, 0.15) is 6.04 Å². The summed E-state index contributed by atoms with van der Waals surface area (Å²) in [6, 6.07) is -0.887. The average molecular weight is 301 g/mol. The number of carbonyl (C=O) groups is 1. The Balaban J connectivity index is 3.04. The van der Waals surface area contributed by atoms with Gasteiger partial charge in [-0.1, -0.05) is 77.6 Å². The van der Waals surface area contributed by atoms with E-state index in [0.717, 1.165) is 6.42 Å². The molecule has 0 saturated carbocycles. The van der Waals surface area contributed by atoms with Crippen molar-refractivity contribution in [2.45, 2.75) is 90.0 Å². The van der Waals surface area contributed by atoms with Gasteiger partial charge in [-0.15, -0.1) is 0 Å². The number of nitrogens with two attached hydrogens (primary N) is 1. The average Bonchev–Trinajstić information content (AvgIpc) is 2.47. The molecule has 0 heterocycles. The minimum Gasteiger partial charge on any atom is -0.480 e. The molecule has 0 rings (SSSR count). The van der Waals surface area contributed by atoms with E-state index in [9.17, 15) is 4.79 Å². The Morgan fingerprint density at radius 3 is 1.76 bits per heavy atom. The van der Waals surface area contributed by atoms with Gasteiger partial charge in [-0.05, 0) is 6.42 Å². The highest BCUT2D eigenvalue weighted by atomic mass is 16.5. The van der Waals surface area contributed by atoms with Crippen LogP contribution in [-0.2, 0) is 9.53 Å². The van der Waals surface area contributed by atoms with E-state index in [0.29, 0.717) is 6.61 Å². The zero-order valence-corrected chi connectivity index (χ0v) is 13.8. The summed E-state index contributed by atoms with van der Waals surface area (Å²) in [7, 11) is 0. The number of hydrogen-bond acceptors (Lipinski definition) is 3. The lowest BCUT2D eigenvalue weighted by Crippen LogP contribution is -2.34. The van der Waals surface area contributed by atoms with Crippen LogP contribution in [0.1, 0.15) is 84.0 Å². The molecule has 3 N–H and O–H groups in total. The molecule has 0 aliphatic heterocycles. The van der Waals surface area contributed by atoms with Gasteiger partial charge in [-0.2, -0.15) is 0 Å². The van der Waals surface area contributed by atoms with Gasteiger partial charge >= 0.3 is 5.97 Å². The predicted molar refractivity (Wildman–Crippen MR) is 87.5 cm³/mol. The SMILES string of the molecule is CCCCCCCCCCCCCCOCC(N)C(=O)O. The first-order valence-corrected chi connectivity index (χ1v) is 8.74. The molecular weight excluding hydrogens is 266 g/mol. The van der Waals surface area contributed by atoms with Crippen molar-refractivity contribution in [2.75, 3.05) is 13.2 Å². The maximum Gasteiger partial charge on any atom is 0.322 e. The van der Waals surface area contributed by atoms with E-state index in [1.165, 1.54) is 70.6 Å². The van der Waals surface area contributed by atoms with Gasteiger partial charge in [-0.25, -0.2) is 0 Å². The van der Waals surface area contributed by atoms with Crippen molar-refractivity contribution in [1.29, 1.82) is 0 Å². The lowest BCUT2D eigenvalue weighted by atomic mass is 10.1. The van der Waals surface area contributed by atoms with Crippen molar-refractivity contribution < 1.29 is 14.6 Å². The molecule has 0 amide bonds. The molecule has 21 heavy (non-hydrogen) atoms. The molecule has 0 aromatic carbocycles. The fraction of sp³-hybridized carbons (Fsp3) is 0.941. The van der Waals surface area contributed by atoms with Crippen molar-refractivity contribution in [3.63, 3.8) is 0 Å². The van der Waals surface area contributed by atoms with E-state index in [1.807, 2.05) is 0 Å². The van der Waals surface area contributed by atoms with Gasteiger partial charge in [0.25, 0.3) is 0 Å². The second kappa shape index (κ2) is 15.8. The largest absolute Gasteiger partial charge is 0.480 e. The third-order valence-electron chi connectivity index (χ3n) is 3.76. The van der Waals surface area contributed by atoms with Gasteiger partial charge in [0.05, 0.1) is 6.61 Å². The first kappa shape index (κ1) is 20.4. The fourth-order valence-corrected chi connectivity index (χ4v) is 2.33. The number of hydrogen-bond donors (Lipinski definition) is 2.